The third-order valence-electron chi connectivity index (χ3n) is 2.98. The Kier molecular flexibility index (Phi) is 3.66. The van der Waals surface area contributed by atoms with Crippen LogP contribution in [0.2, 0.25) is 0 Å². The molecule has 0 saturated heterocycles. The summed E-state index contributed by atoms with van der Waals surface area (Å²) < 4.78 is 2.94. The van der Waals surface area contributed by atoms with Crippen molar-refractivity contribution in [2.24, 2.45) is 0 Å². The number of halogens is 1. The summed E-state index contributed by atoms with van der Waals surface area (Å²) in [7, 11) is 0. The van der Waals surface area contributed by atoms with Crippen LogP contribution in [0, 0.1) is 13.8 Å². The van der Waals surface area contributed by atoms with Gasteiger partial charge in [0.05, 0.1) is 17.8 Å². The maximum atomic E-state index is 11.5. The summed E-state index contributed by atoms with van der Waals surface area (Å²) in [5, 5.41) is 4.43. The van der Waals surface area contributed by atoms with Gasteiger partial charge in [0.15, 0.2) is 5.78 Å². The van der Waals surface area contributed by atoms with Gasteiger partial charge in [-0.3, -0.25) is 9.48 Å². The van der Waals surface area contributed by atoms with E-state index in [1.165, 1.54) is 5.56 Å². The molecule has 94 valence electrons. The molecule has 0 bridgehead atoms. The maximum Gasteiger partial charge on any atom is 0.163 e. The molecule has 2 rings (SSSR count). The van der Waals surface area contributed by atoms with Crippen LogP contribution in [-0.4, -0.2) is 15.6 Å². The summed E-state index contributed by atoms with van der Waals surface area (Å²) in [5.74, 6) is 0.0760. The molecular weight excluding hydrogens is 292 g/mol. The molecule has 4 heteroatoms. The third kappa shape index (κ3) is 2.53. The molecule has 1 heterocycles. The van der Waals surface area contributed by atoms with Crippen molar-refractivity contribution < 1.29 is 4.79 Å². The smallest absolute Gasteiger partial charge is 0.163 e. The molecule has 0 aliphatic rings. The maximum absolute atomic E-state index is 11.5. The quantitative estimate of drug-likeness (QED) is 0.813. The Morgan fingerprint density at radius 3 is 2.39 bits per heavy atom. The first-order chi connectivity index (χ1) is 8.49. The minimum Gasteiger partial charge on any atom is -0.294 e. The summed E-state index contributed by atoms with van der Waals surface area (Å²) in [4.78, 5) is 11.5. The number of carbonyl (C=O) groups excluding carboxylic acids is 1. The van der Waals surface area contributed by atoms with E-state index in [0.717, 1.165) is 21.4 Å². The van der Waals surface area contributed by atoms with E-state index in [9.17, 15) is 4.79 Å². The second kappa shape index (κ2) is 5.06. The van der Waals surface area contributed by atoms with Crippen LogP contribution in [0.3, 0.4) is 0 Å². The number of nitrogens with zero attached hydrogens (tertiary/aromatic N) is 2. The molecule has 0 atom stereocenters. The van der Waals surface area contributed by atoms with Gasteiger partial charge in [0, 0.05) is 10.2 Å². The summed E-state index contributed by atoms with van der Waals surface area (Å²) in [6, 6.07) is 8.11. The van der Waals surface area contributed by atoms with Crippen LogP contribution in [0.25, 0.3) is 0 Å². The molecule has 0 aliphatic carbocycles. The Labute approximate surface area is 115 Å². The highest BCUT2D eigenvalue weighted by Gasteiger charge is 2.14. The minimum absolute atomic E-state index is 0.0760. The van der Waals surface area contributed by atoms with Gasteiger partial charge in [-0.2, -0.15) is 5.10 Å². The van der Waals surface area contributed by atoms with E-state index < -0.39 is 0 Å². The van der Waals surface area contributed by atoms with Crippen LogP contribution in [-0.2, 0) is 6.54 Å². The zero-order valence-electron chi connectivity index (χ0n) is 10.7. The Balaban J connectivity index is 2.33. The highest BCUT2D eigenvalue weighted by molar-refractivity contribution is 9.10. The fourth-order valence-corrected chi connectivity index (χ4v) is 2.39. The van der Waals surface area contributed by atoms with Crippen molar-refractivity contribution in [3.8, 4) is 0 Å². The number of aryl methyl sites for hydroxylation is 1. The lowest BCUT2D eigenvalue weighted by atomic mass is 10.1. The SMILES string of the molecule is CC(=O)c1c(C)nn(Cc2ccc(Br)cc2)c1C. The van der Waals surface area contributed by atoms with Gasteiger partial charge in [-0.1, -0.05) is 28.1 Å². The molecule has 1 aromatic heterocycles. The lowest BCUT2D eigenvalue weighted by Gasteiger charge is -2.05. The highest BCUT2D eigenvalue weighted by Crippen LogP contribution is 2.16. The standard InChI is InChI=1S/C14H15BrN2O/c1-9-14(11(3)18)10(2)17(16-9)8-12-4-6-13(15)7-5-12/h4-7H,8H2,1-3H3. The van der Waals surface area contributed by atoms with E-state index in [-0.39, 0.29) is 5.78 Å². The first-order valence-corrected chi connectivity index (χ1v) is 6.57. The molecule has 0 spiro atoms. The lowest BCUT2D eigenvalue weighted by Crippen LogP contribution is -2.05. The van der Waals surface area contributed by atoms with Crippen molar-refractivity contribution in [1.82, 2.24) is 9.78 Å². The molecule has 0 aliphatic heterocycles. The monoisotopic (exact) mass is 306 g/mol. The fraction of sp³-hybridized carbons (Fsp3) is 0.286. The predicted molar refractivity (Wildman–Crippen MR) is 74.9 cm³/mol. The number of carbonyl (C=O) groups is 1. The van der Waals surface area contributed by atoms with Crippen molar-refractivity contribution in [1.29, 1.82) is 0 Å². The molecule has 0 fully saturated rings. The third-order valence-corrected chi connectivity index (χ3v) is 3.51. The normalized spacial score (nSPS) is 10.7. The van der Waals surface area contributed by atoms with Gasteiger partial charge in [0.25, 0.3) is 0 Å². The van der Waals surface area contributed by atoms with E-state index in [1.54, 1.807) is 6.92 Å². The summed E-state index contributed by atoms with van der Waals surface area (Å²) in [6.07, 6.45) is 0. The zero-order valence-corrected chi connectivity index (χ0v) is 12.3. The van der Waals surface area contributed by atoms with E-state index in [2.05, 4.69) is 21.0 Å². The number of Topliss-reactive ketones (excluding diaryl/α,β-unsaturated/α-hetero) is 1. The van der Waals surface area contributed by atoms with Crippen molar-refractivity contribution in [2.45, 2.75) is 27.3 Å². The number of ketones is 1. The highest BCUT2D eigenvalue weighted by atomic mass is 79.9. The molecular formula is C14H15BrN2O. The molecule has 0 amide bonds. The van der Waals surface area contributed by atoms with Gasteiger partial charge in [-0.25, -0.2) is 0 Å². The topological polar surface area (TPSA) is 34.9 Å². The molecule has 0 unspecified atom stereocenters. The van der Waals surface area contributed by atoms with E-state index in [1.807, 2.05) is 42.8 Å². The van der Waals surface area contributed by atoms with Crippen LogP contribution in [0.1, 0.15) is 34.2 Å². The summed E-state index contributed by atoms with van der Waals surface area (Å²) in [6.45, 7) is 6.09. The van der Waals surface area contributed by atoms with Crippen LogP contribution >= 0.6 is 15.9 Å². The van der Waals surface area contributed by atoms with Crippen LogP contribution in [0.4, 0.5) is 0 Å². The second-order valence-corrected chi connectivity index (χ2v) is 5.30. The Bertz CT molecular complexity index is 585. The first-order valence-electron chi connectivity index (χ1n) is 5.78. The minimum atomic E-state index is 0.0760. The summed E-state index contributed by atoms with van der Waals surface area (Å²) in [5.41, 5.74) is 3.64. The Hall–Kier alpha value is -1.42. The van der Waals surface area contributed by atoms with Gasteiger partial charge >= 0.3 is 0 Å². The average Bonchev–Trinajstić information content (AvgIpc) is 2.57. The van der Waals surface area contributed by atoms with Crippen LogP contribution < -0.4 is 0 Å². The fourth-order valence-electron chi connectivity index (χ4n) is 2.12. The number of aromatic nitrogens is 2. The van der Waals surface area contributed by atoms with Gasteiger partial charge in [0.1, 0.15) is 0 Å². The number of hydrogen-bond acceptors (Lipinski definition) is 2. The van der Waals surface area contributed by atoms with Gasteiger partial charge in [-0.05, 0) is 38.5 Å². The van der Waals surface area contributed by atoms with E-state index in [0.29, 0.717) is 6.54 Å². The second-order valence-electron chi connectivity index (χ2n) is 4.39. The van der Waals surface area contributed by atoms with E-state index >= 15 is 0 Å². The molecule has 2 aromatic rings. The van der Waals surface area contributed by atoms with Crippen molar-refractivity contribution in [2.75, 3.05) is 0 Å². The molecule has 18 heavy (non-hydrogen) atoms. The van der Waals surface area contributed by atoms with Crippen molar-refractivity contribution in [3.63, 3.8) is 0 Å². The summed E-state index contributed by atoms with van der Waals surface area (Å²) >= 11 is 3.41. The van der Waals surface area contributed by atoms with E-state index in [4.69, 9.17) is 0 Å². The molecule has 0 N–H and O–H groups in total. The first kappa shape index (κ1) is 13.0. The molecule has 3 nitrogen and oxygen atoms in total. The lowest BCUT2D eigenvalue weighted by molar-refractivity contribution is 0.101. The predicted octanol–water partition coefficient (Wildman–Crippen LogP) is 3.51. The van der Waals surface area contributed by atoms with Gasteiger partial charge in [0.2, 0.25) is 0 Å². The molecule has 0 radical (unpaired) electrons. The number of benzene rings is 1. The zero-order chi connectivity index (χ0) is 13.3. The Morgan fingerprint density at radius 1 is 1.28 bits per heavy atom. The van der Waals surface area contributed by atoms with Crippen molar-refractivity contribution >= 4 is 21.7 Å². The molecule has 0 saturated carbocycles. The van der Waals surface area contributed by atoms with Crippen LogP contribution in [0.5, 0.6) is 0 Å². The number of rotatable bonds is 3. The van der Waals surface area contributed by atoms with Crippen LogP contribution in [0.15, 0.2) is 28.7 Å². The Morgan fingerprint density at radius 2 is 1.89 bits per heavy atom. The number of hydrogen-bond donors (Lipinski definition) is 0. The average molecular weight is 307 g/mol. The largest absolute Gasteiger partial charge is 0.294 e. The molecule has 1 aromatic carbocycles. The van der Waals surface area contributed by atoms with Gasteiger partial charge < -0.3 is 0 Å². The van der Waals surface area contributed by atoms with Crippen molar-refractivity contribution in [3.05, 3.63) is 51.3 Å². The van der Waals surface area contributed by atoms with Gasteiger partial charge in [-0.15, -0.1) is 0 Å².